The van der Waals surface area contributed by atoms with Crippen molar-refractivity contribution in [3.63, 3.8) is 0 Å². The van der Waals surface area contributed by atoms with Gasteiger partial charge in [0.1, 0.15) is 0 Å². The number of halogens is 3. The molecule has 3 rings (SSSR count). The summed E-state index contributed by atoms with van der Waals surface area (Å²) in [6.07, 6.45) is -2.63. The van der Waals surface area contributed by atoms with E-state index in [1.165, 1.54) is 6.07 Å². The Hall–Kier alpha value is -2.09. The summed E-state index contributed by atoms with van der Waals surface area (Å²) in [6, 6.07) is 4.19. The van der Waals surface area contributed by atoms with Crippen LogP contribution in [0.4, 0.5) is 13.2 Å². The Morgan fingerprint density at radius 2 is 2.08 bits per heavy atom. The van der Waals surface area contributed by atoms with E-state index in [4.69, 9.17) is 0 Å². The highest BCUT2D eigenvalue weighted by atomic mass is 19.4. The van der Waals surface area contributed by atoms with Gasteiger partial charge in [0.2, 0.25) is 5.82 Å². The van der Waals surface area contributed by atoms with Gasteiger partial charge in [-0.25, -0.2) is 4.98 Å². The smallest absolute Gasteiger partial charge is 0.348 e. The number of piperidine rings is 1. The highest BCUT2D eigenvalue weighted by molar-refractivity contribution is 5.97. The molecule has 0 saturated carbocycles. The number of nitrogens with one attached hydrogen (secondary N) is 1. The molecule has 1 fully saturated rings. The number of aromatic nitrogens is 2. The number of rotatable bonds is 3. The first-order valence-electron chi connectivity index (χ1n) is 8.75. The zero-order valence-electron chi connectivity index (χ0n) is 15.1. The molecule has 2 aromatic rings. The van der Waals surface area contributed by atoms with Crippen LogP contribution in [0, 0.1) is 0 Å². The summed E-state index contributed by atoms with van der Waals surface area (Å²) in [6.45, 7) is 5.13. The zero-order chi connectivity index (χ0) is 19.1. The highest BCUT2D eigenvalue weighted by Gasteiger charge is 2.38. The number of nitrogens with zero attached hydrogens (tertiary/aromatic N) is 3. The molecular formula is C18H23F3N4O. The fraction of sp³-hybridized carbons (Fsp3) is 0.556. The lowest BCUT2D eigenvalue weighted by Crippen LogP contribution is -2.46. The SMILES string of the molecule is CC(C)n1c(C(F)(F)F)nc2cc(C(=O)N[C@@H]3CCCN(C)C3)ccc21. The monoisotopic (exact) mass is 368 g/mol. The second-order valence-electron chi connectivity index (χ2n) is 7.18. The van der Waals surface area contributed by atoms with Crippen molar-refractivity contribution in [3.8, 4) is 0 Å². The van der Waals surface area contributed by atoms with Crippen LogP contribution in [0.3, 0.4) is 0 Å². The van der Waals surface area contributed by atoms with E-state index in [0.717, 1.165) is 30.5 Å². The Labute approximate surface area is 150 Å². The van der Waals surface area contributed by atoms with Gasteiger partial charge in [0, 0.05) is 24.2 Å². The van der Waals surface area contributed by atoms with E-state index < -0.39 is 18.0 Å². The topological polar surface area (TPSA) is 50.2 Å². The summed E-state index contributed by atoms with van der Waals surface area (Å²) in [5.74, 6) is -1.21. The van der Waals surface area contributed by atoms with Crippen molar-refractivity contribution < 1.29 is 18.0 Å². The third-order valence-corrected chi connectivity index (χ3v) is 4.68. The van der Waals surface area contributed by atoms with Crippen LogP contribution in [0.1, 0.15) is 48.9 Å². The van der Waals surface area contributed by atoms with Crippen LogP contribution < -0.4 is 5.32 Å². The van der Waals surface area contributed by atoms with Crippen molar-refractivity contribution in [3.05, 3.63) is 29.6 Å². The summed E-state index contributed by atoms with van der Waals surface area (Å²) < 4.78 is 41.0. The van der Waals surface area contributed by atoms with Crippen molar-refractivity contribution in [1.82, 2.24) is 19.8 Å². The molecule has 8 heteroatoms. The number of hydrogen-bond acceptors (Lipinski definition) is 3. The molecule has 0 bridgehead atoms. The minimum atomic E-state index is -4.54. The number of fused-ring (bicyclic) bond motifs is 1. The normalized spacial score (nSPS) is 19.3. The number of alkyl halides is 3. The number of imidazole rings is 1. The van der Waals surface area contributed by atoms with Gasteiger partial charge in [0.05, 0.1) is 11.0 Å². The van der Waals surface area contributed by atoms with E-state index in [0.29, 0.717) is 11.1 Å². The van der Waals surface area contributed by atoms with Gasteiger partial charge in [0.15, 0.2) is 0 Å². The van der Waals surface area contributed by atoms with Gasteiger partial charge < -0.3 is 14.8 Å². The molecule has 0 unspecified atom stereocenters. The van der Waals surface area contributed by atoms with E-state index in [9.17, 15) is 18.0 Å². The lowest BCUT2D eigenvalue weighted by molar-refractivity contribution is -0.147. The minimum Gasteiger partial charge on any atom is -0.348 e. The zero-order valence-corrected chi connectivity index (χ0v) is 15.1. The van der Waals surface area contributed by atoms with Crippen LogP contribution >= 0.6 is 0 Å². The van der Waals surface area contributed by atoms with Crippen molar-refractivity contribution in [2.75, 3.05) is 20.1 Å². The molecular weight excluding hydrogens is 345 g/mol. The van der Waals surface area contributed by atoms with E-state index in [1.807, 2.05) is 7.05 Å². The molecule has 0 spiro atoms. The second-order valence-corrected chi connectivity index (χ2v) is 7.18. The van der Waals surface area contributed by atoms with Gasteiger partial charge in [-0.05, 0) is 58.5 Å². The van der Waals surface area contributed by atoms with Crippen molar-refractivity contribution in [2.45, 2.75) is 44.9 Å². The molecule has 1 atom stereocenters. The Morgan fingerprint density at radius 1 is 1.35 bits per heavy atom. The van der Waals surface area contributed by atoms with Crippen LogP contribution in [0.5, 0.6) is 0 Å². The molecule has 1 aliphatic heterocycles. The van der Waals surface area contributed by atoms with Gasteiger partial charge in [-0.15, -0.1) is 0 Å². The summed E-state index contributed by atoms with van der Waals surface area (Å²) >= 11 is 0. The average molecular weight is 368 g/mol. The van der Waals surface area contributed by atoms with Crippen LogP contribution in [0.25, 0.3) is 11.0 Å². The van der Waals surface area contributed by atoms with Crippen molar-refractivity contribution in [2.24, 2.45) is 0 Å². The lowest BCUT2D eigenvalue weighted by atomic mass is 10.1. The first kappa shape index (κ1) is 18.7. The Balaban J connectivity index is 1.90. The summed E-state index contributed by atoms with van der Waals surface area (Å²) in [4.78, 5) is 18.4. The number of likely N-dealkylation sites (tertiary alicyclic amines) is 1. The lowest BCUT2D eigenvalue weighted by Gasteiger charge is -2.30. The van der Waals surface area contributed by atoms with E-state index in [-0.39, 0.29) is 17.5 Å². The molecule has 142 valence electrons. The second kappa shape index (κ2) is 6.90. The predicted octanol–water partition coefficient (Wildman–Crippen LogP) is 3.46. The standard InChI is InChI=1S/C18H23F3N4O/c1-11(2)25-15-7-6-12(9-14(15)23-17(25)18(19,20)21)16(26)22-13-5-4-8-24(3)10-13/h6-7,9,11,13H,4-5,8,10H2,1-3H3,(H,22,26)/t13-/m1/s1. The highest BCUT2D eigenvalue weighted by Crippen LogP contribution is 2.33. The molecule has 1 N–H and O–H groups in total. The Bertz CT molecular complexity index is 813. The molecule has 1 aromatic carbocycles. The van der Waals surface area contributed by atoms with Gasteiger partial charge >= 0.3 is 6.18 Å². The first-order chi connectivity index (χ1) is 12.2. The quantitative estimate of drug-likeness (QED) is 0.903. The van der Waals surface area contributed by atoms with E-state index >= 15 is 0 Å². The molecule has 5 nitrogen and oxygen atoms in total. The van der Waals surface area contributed by atoms with Crippen LogP contribution in [0.15, 0.2) is 18.2 Å². The number of benzene rings is 1. The first-order valence-corrected chi connectivity index (χ1v) is 8.75. The summed E-state index contributed by atoms with van der Waals surface area (Å²) in [7, 11) is 2.00. The average Bonchev–Trinajstić information content (AvgIpc) is 2.93. The molecule has 1 amide bonds. The van der Waals surface area contributed by atoms with Gasteiger partial charge in [-0.1, -0.05) is 0 Å². The maximum Gasteiger partial charge on any atom is 0.449 e. The maximum absolute atomic E-state index is 13.3. The van der Waals surface area contributed by atoms with Crippen LogP contribution in [-0.4, -0.2) is 46.5 Å². The van der Waals surface area contributed by atoms with Crippen molar-refractivity contribution >= 4 is 16.9 Å². The van der Waals surface area contributed by atoms with E-state index in [2.05, 4.69) is 15.2 Å². The number of hydrogen-bond donors (Lipinski definition) is 1. The fourth-order valence-corrected chi connectivity index (χ4v) is 3.52. The van der Waals surface area contributed by atoms with Gasteiger partial charge in [0.25, 0.3) is 5.91 Å². The number of carbonyl (C=O) groups is 1. The third-order valence-electron chi connectivity index (χ3n) is 4.68. The van der Waals surface area contributed by atoms with E-state index in [1.54, 1.807) is 26.0 Å². The predicted molar refractivity (Wildman–Crippen MR) is 93.1 cm³/mol. The summed E-state index contributed by atoms with van der Waals surface area (Å²) in [5, 5.41) is 2.97. The van der Waals surface area contributed by atoms with Crippen LogP contribution in [-0.2, 0) is 6.18 Å². The number of likely N-dealkylation sites (N-methyl/N-ethyl adjacent to an activating group) is 1. The Kier molecular flexibility index (Phi) is 4.96. The Morgan fingerprint density at radius 3 is 2.69 bits per heavy atom. The number of carbonyl (C=O) groups excluding carboxylic acids is 1. The molecule has 2 heterocycles. The van der Waals surface area contributed by atoms with Crippen molar-refractivity contribution in [1.29, 1.82) is 0 Å². The van der Waals surface area contributed by atoms with Gasteiger partial charge in [-0.3, -0.25) is 4.79 Å². The molecule has 0 aliphatic carbocycles. The maximum atomic E-state index is 13.3. The molecule has 1 aromatic heterocycles. The molecule has 26 heavy (non-hydrogen) atoms. The number of amides is 1. The van der Waals surface area contributed by atoms with Crippen LogP contribution in [0.2, 0.25) is 0 Å². The summed E-state index contributed by atoms with van der Waals surface area (Å²) in [5.41, 5.74) is 0.883. The molecule has 1 aliphatic rings. The fourth-order valence-electron chi connectivity index (χ4n) is 3.52. The minimum absolute atomic E-state index is 0.0518. The molecule has 1 saturated heterocycles. The largest absolute Gasteiger partial charge is 0.449 e. The van der Waals surface area contributed by atoms with Gasteiger partial charge in [-0.2, -0.15) is 13.2 Å². The third kappa shape index (κ3) is 3.70. The molecule has 0 radical (unpaired) electrons.